The number of hydrogen-bond acceptors (Lipinski definition) is 7. The van der Waals surface area contributed by atoms with E-state index in [9.17, 15) is 14.0 Å². The van der Waals surface area contributed by atoms with Gasteiger partial charge in [0, 0.05) is 23.6 Å². The molecular formula is C21H21FN2O5. The lowest BCUT2D eigenvalue weighted by Gasteiger charge is -2.12. The van der Waals surface area contributed by atoms with Crippen LogP contribution < -0.4 is 0 Å². The van der Waals surface area contributed by atoms with Gasteiger partial charge in [-0.15, -0.1) is 0 Å². The SMILES string of the molecule is CO/N=C(/C(=O)OC)c1cccc(C)c1CO/N=C(\C(C)=O)c1cccc(F)c1. The number of methoxy groups -OCH3 is 1. The first kappa shape index (κ1) is 21.7. The number of halogens is 1. The molecule has 0 fully saturated rings. The third-order valence-electron chi connectivity index (χ3n) is 4.02. The Bertz CT molecular complexity index is 969. The van der Waals surface area contributed by atoms with E-state index < -0.39 is 11.8 Å². The molecule has 0 aliphatic heterocycles. The van der Waals surface area contributed by atoms with E-state index in [0.29, 0.717) is 16.7 Å². The average molecular weight is 400 g/mol. The Hall–Kier alpha value is -3.55. The van der Waals surface area contributed by atoms with Crippen LogP contribution in [-0.2, 0) is 30.6 Å². The molecule has 8 heteroatoms. The standard InChI is InChI=1S/C21H21FN2O5/c1-13-7-5-10-17(20(23-28-4)21(26)27-3)18(13)12-29-24-19(14(2)25)15-8-6-9-16(22)11-15/h5-11H,12H2,1-4H3/b23-20+,24-19+. The van der Waals surface area contributed by atoms with Crippen LogP contribution in [0.15, 0.2) is 52.8 Å². The molecule has 0 N–H and O–H groups in total. The van der Waals surface area contributed by atoms with E-state index in [4.69, 9.17) is 14.4 Å². The van der Waals surface area contributed by atoms with Crippen molar-refractivity contribution in [2.24, 2.45) is 10.3 Å². The Labute approximate surface area is 167 Å². The van der Waals surface area contributed by atoms with Crippen LogP contribution in [0.1, 0.15) is 29.2 Å². The number of hydrogen-bond donors (Lipinski definition) is 0. The average Bonchev–Trinajstić information content (AvgIpc) is 2.69. The number of ketones is 1. The summed E-state index contributed by atoms with van der Waals surface area (Å²) in [6.07, 6.45) is 0. The fraction of sp³-hybridized carbons (Fsp3) is 0.238. The number of aryl methyl sites for hydroxylation is 1. The van der Waals surface area contributed by atoms with E-state index in [1.807, 2.05) is 13.0 Å². The van der Waals surface area contributed by atoms with Crippen molar-refractivity contribution in [1.29, 1.82) is 0 Å². The summed E-state index contributed by atoms with van der Waals surface area (Å²) in [5.41, 5.74) is 2.12. The zero-order chi connectivity index (χ0) is 21.4. The van der Waals surface area contributed by atoms with Gasteiger partial charge in [-0.3, -0.25) is 4.79 Å². The van der Waals surface area contributed by atoms with Crippen molar-refractivity contribution < 1.29 is 28.4 Å². The van der Waals surface area contributed by atoms with Crippen LogP contribution in [0.2, 0.25) is 0 Å². The first-order chi connectivity index (χ1) is 13.9. The van der Waals surface area contributed by atoms with E-state index >= 15 is 0 Å². The third-order valence-corrected chi connectivity index (χ3v) is 4.02. The predicted molar refractivity (Wildman–Crippen MR) is 105 cm³/mol. The zero-order valence-electron chi connectivity index (χ0n) is 16.6. The summed E-state index contributed by atoms with van der Waals surface area (Å²) in [6, 6.07) is 10.8. The highest BCUT2D eigenvalue weighted by molar-refractivity contribution is 6.45. The van der Waals surface area contributed by atoms with Crippen LogP contribution in [0.25, 0.3) is 0 Å². The molecule has 7 nitrogen and oxygen atoms in total. The fourth-order valence-electron chi connectivity index (χ4n) is 2.62. The lowest BCUT2D eigenvalue weighted by atomic mass is 9.99. The maximum Gasteiger partial charge on any atom is 0.360 e. The first-order valence-corrected chi connectivity index (χ1v) is 8.64. The normalized spacial score (nSPS) is 11.8. The molecule has 0 spiro atoms. The largest absolute Gasteiger partial charge is 0.464 e. The molecule has 2 aromatic rings. The molecule has 2 aromatic carbocycles. The Kier molecular flexibility index (Phi) is 7.59. The van der Waals surface area contributed by atoms with Gasteiger partial charge < -0.3 is 14.4 Å². The lowest BCUT2D eigenvalue weighted by Crippen LogP contribution is -2.20. The molecule has 29 heavy (non-hydrogen) atoms. The first-order valence-electron chi connectivity index (χ1n) is 8.64. The fourth-order valence-corrected chi connectivity index (χ4v) is 2.62. The molecule has 0 aromatic heterocycles. The number of Topliss-reactive ketones (excluding diaryl/α,β-unsaturated/α-hetero) is 1. The molecule has 0 atom stereocenters. The van der Waals surface area contributed by atoms with Crippen LogP contribution in [0, 0.1) is 12.7 Å². The molecular weight excluding hydrogens is 379 g/mol. The lowest BCUT2D eigenvalue weighted by molar-refractivity contribution is -0.132. The minimum atomic E-state index is -0.675. The minimum Gasteiger partial charge on any atom is -0.464 e. The quantitative estimate of drug-likeness (QED) is 0.386. The van der Waals surface area contributed by atoms with Gasteiger partial charge >= 0.3 is 5.97 Å². The maximum absolute atomic E-state index is 13.5. The van der Waals surface area contributed by atoms with Gasteiger partial charge in [0.25, 0.3) is 0 Å². The molecule has 0 saturated carbocycles. The van der Waals surface area contributed by atoms with Gasteiger partial charge in [0.1, 0.15) is 19.5 Å². The van der Waals surface area contributed by atoms with Crippen molar-refractivity contribution in [3.05, 3.63) is 70.5 Å². The number of carbonyl (C=O) groups excluding carboxylic acids is 2. The van der Waals surface area contributed by atoms with Gasteiger partial charge in [0.05, 0.1) is 7.11 Å². The summed E-state index contributed by atoms with van der Waals surface area (Å²) in [5.74, 6) is -1.54. The molecule has 0 heterocycles. The Balaban J connectivity index is 2.37. The van der Waals surface area contributed by atoms with Crippen LogP contribution in [0.4, 0.5) is 4.39 Å². The zero-order valence-corrected chi connectivity index (χ0v) is 16.6. The summed E-state index contributed by atoms with van der Waals surface area (Å²) in [6.45, 7) is 3.08. The molecule has 0 amide bonds. The summed E-state index contributed by atoms with van der Waals surface area (Å²) >= 11 is 0. The molecule has 0 aliphatic rings. The Morgan fingerprint density at radius 2 is 1.76 bits per heavy atom. The molecule has 2 rings (SSSR count). The molecule has 152 valence electrons. The van der Waals surface area contributed by atoms with Crippen LogP contribution in [0.5, 0.6) is 0 Å². The Morgan fingerprint density at radius 1 is 1.03 bits per heavy atom. The van der Waals surface area contributed by atoms with Gasteiger partial charge in [-0.2, -0.15) is 0 Å². The second-order valence-electron chi connectivity index (χ2n) is 5.99. The number of oxime groups is 2. The van der Waals surface area contributed by atoms with E-state index in [1.165, 1.54) is 39.3 Å². The van der Waals surface area contributed by atoms with Crippen LogP contribution >= 0.6 is 0 Å². The van der Waals surface area contributed by atoms with E-state index in [0.717, 1.165) is 5.56 Å². The smallest absolute Gasteiger partial charge is 0.360 e. The van der Waals surface area contributed by atoms with E-state index in [1.54, 1.807) is 18.2 Å². The summed E-state index contributed by atoms with van der Waals surface area (Å²) in [5, 5.41) is 7.65. The van der Waals surface area contributed by atoms with Gasteiger partial charge in [-0.25, -0.2) is 9.18 Å². The maximum atomic E-state index is 13.5. The second-order valence-corrected chi connectivity index (χ2v) is 5.99. The molecule has 0 bridgehead atoms. The highest BCUT2D eigenvalue weighted by Crippen LogP contribution is 2.18. The highest BCUT2D eigenvalue weighted by atomic mass is 19.1. The van der Waals surface area contributed by atoms with Crippen LogP contribution in [0.3, 0.4) is 0 Å². The topological polar surface area (TPSA) is 86.6 Å². The van der Waals surface area contributed by atoms with Gasteiger partial charge in [-0.1, -0.05) is 40.6 Å². The highest BCUT2D eigenvalue weighted by Gasteiger charge is 2.21. The number of esters is 1. The number of benzene rings is 2. The molecule has 0 radical (unpaired) electrons. The third kappa shape index (κ3) is 5.47. The van der Waals surface area contributed by atoms with Crippen molar-refractivity contribution >= 4 is 23.2 Å². The van der Waals surface area contributed by atoms with Gasteiger partial charge in [0.15, 0.2) is 17.2 Å². The number of nitrogens with zero attached hydrogens (tertiary/aromatic N) is 2. The van der Waals surface area contributed by atoms with Crippen molar-refractivity contribution in [3.8, 4) is 0 Å². The van der Waals surface area contributed by atoms with Crippen molar-refractivity contribution in [3.63, 3.8) is 0 Å². The van der Waals surface area contributed by atoms with E-state index in [2.05, 4.69) is 10.3 Å². The van der Waals surface area contributed by atoms with Crippen molar-refractivity contribution in [2.75, 3.05) is 14.2 Å². The molecule has 0 unspecified atom stereocenters. The molecule has 0 saturated heterocycles. The van der Waals surface area contributed by atoms with Crippen LogP contribution in [-0.4, -0.2) is 37.4 Å². The Morgan fingerprint density at radius 3 is 2.38 bits per heavy atom. The summed E-state index contributed by atoms with van der Waals surface area (Å²) in [7, 11) is 2.55. The monoisotopic (exact) mass is 400 g/mol. The predicted octanol–water partition coefficient (Wildman–Crippen LogP) is 3.17. The number of carbonyl (C=O) groups is 2. The minimum absolute atomic E-state index is 0.0154. The number of rotatable bonds is 8. The summed E-state index contributed by atoms with van der Waals surface area (Å²) < 4.78 is 18.2. The van der Waals surface area contributed by atoms with Gasteiger partial charge in [0.2, 0.25) is 0 Å². The second kappa shape index (κ2) is 10.1. The van der Waals surface area contributed by atoms with Gasteiger partial charge in [-0.05, 0) is 24.6 Å². The van der Waals surface area contributed by atoms with E-state index in [-0.39, 0.29) is 23.8 Å². The van der Waals surface area contributed by atoms with Crippen molar-refractivity contribution in [1.82, 2.24) is 0 Å². The summed E-state index contributed by atoms with van der Waals surface area (Å²) in [4.78, 5) is 34.2. The molecule has 0 aliphatic carbocycles. The van der Waals surface area contributed by atoms with Crippen molar-refractivity contribution in [2.45, 2.75) is 20.5 Å². The number of ether oxygens (including phenoxy) is 1.